The molecule has 0 aromatic heterocycles. The van der Waals surface area contributed by atoms with Crippen LogP contribution in [0, 0.1) is 11.8 Å². The second kappa shape index (κ2) is 2.37. The lowest BCUT2D eigenvalue weighted by molar-refractivity contribution is -0.127. The van der Waals surface area contributed by atoms with Gasteiger partial charge in [0.25, 0.3) is 0 Å². The summed E-state index contributed by atoms with van der Waals surface area (Å²) < 4.78 is 0. The molecule has 1 heteroatoms. The van der Waals surface area contributed by atoms with Crippen molar-refractivity contribution in [3.05, 3.63) is 0 Å². The predicted molar refractivity (Wildman–Crippen MR) is 39.7 cm³/mol. The summed E-state index contributed by atoms with van der Waals surface area (Å²) in [6.45, 7) is 0. The van der Waals surface area contributed by atoms with Crippen LogP contribution in [0.1, 0.15) is 38.5 Å². The number of hydrogen-bond donors (Lipinski definition) is 0. The third-order valence-electron chi connectivity index (χ3n) is 3.04. The van der Waals surface area contributed by atoms with Crippen LogP contribution in [0.4, 0.5) is 0 Å². The first-order chi connectivity index (χ1) is 4.86. The minimum Gasteiger partial charge on any atom is -0.299 e. The first kappa shape index (κ1) is 6.38. The van der Waals surface area contributed by atoms with E-state index in [0.717, 1.165) is 12.3 Å². The van der Waals surface area contributed by atoms with E-state index in [0.29, 0.717) is 11.7 Å². The van der Waals surface area contributed by atoms with Crippen LogP contribution in [0.3, 0.4) is 0 Å². The Labute approximate surface area is 61.8 Å². The minimum absolute atomic E-state index is 0.479. The summed E-state index contributed by atoms with van der Waals surface area (Å²) in [5.74, 6) is 1.94. The maximum absolute atomic E-state index is 11.2. The van der Waals surface area contributed by atoms with E-state index >= 15 is 0 Å². The molecule has 0 aromatic carbocycles. The molecule has 0 N–H and O–H groups in total. The van der Waals surface area contributed by atoms with Gasteiger partial charge in [0.15, 0.2) is 0 Å². The molecule has 56 valence electrons. The molecule has 0 saturated heterocycles. The Morgan fingerprint density at radius 2 is 2.10 bits per heavy atom. The molecule has 2 bridgehead atoms. The zero-order chi connectivity index (χ0) is 6.97. The summed E-state index contributed by atoms with van der Waals surface area (Å²) in [6.07, 6.45) is 7.18. The fourth-order valence-electron chi connectivity index (χ4n) is 2.40. The van der Waals surface area contributed by atoms with Crippen molar-refractivity contribution in [2.75, 3.05) is 0 Å². The predicted octanol–water partition coefficient (Wildman–Crippen LogP) is 2.16. The monoisotopic (exact) mass is 138 g/mol. The van der Waals surface area contributed by atoms with Gasteiger partial charge < -0.3 is 0 Å². The summed E-state index contributed by atoms with van der Waals surface area (Å²) in [4.78, 5) is 11.2. The standard InChI is InChI=1S/C9H14O/c10-9-5-4-7-2-1-3-8(9)6-7/h7-8H,1-6H2/t7-,8-/m0/s1. The molecule has 2 rings (SSSR count). The molecule has 0 spiro atoms. The van der Waals surface area contributed by atoms with E-state index in [1.54, 1.807) is 0 Å². The summed E-state index contributed by atoms with van der Waals surface area (Å²) in [6, 6.07) is 0. The summed E-state index contributed by atoms with van der Waals surface area (Å²) in [5, 5.41) is 0. The molecule has 2 aliphatic carbocycles. The fourth-order valence-corrected chi connectivity index (χ4v) is 2.40. The van der Waals surface area contributed by atoms with Gasteiger partial charge in [-0.15, -0.1) is 0 Å². The highest BCUT2D eigenvalue weighted by Crippen LogP contribution is 2.37. The van der Waals surface area contributed by atoms with Crippen molar-refractivity contribution in [2.45, 2.75) is 38.5 Å². The average Bonchev–Trinajstić information content (AvgIpc) is 1.99. The zero-order valence-electron chi connectivity index (χ0n) is 6.31. The van der Waals surface area contributed by atoms with Crippen LogP contribution in [0.5, 0.6) is 0 Å². The number of rotatable bonds is 0. The van der Waals surface area contributed by atoms with Gasteiger partial charge in [-0.3, -0.25) is 4.79 Å². The van der Waals surface area contributed by atoms with E-state index in [4.69, 9.17) is 0 Å². The Morgan fingerprint density at radius 1 is 1.20 bits per heavy atom. The summed E-state index contributed by atoms with van der Waals surface area (Å²) in [7, 11) is 0. The van der Waals surface area contributed by atoms with Crippen LogP contribution in [-0.4, -0.2) is 5.78 Å². The maximum Gasteiger partial charge on any atom is 0.135 e. The first-order valence-electron chi connectivity index (χ1n) is 4.39. The normalized spacial score (nSPS) is 39.8. The second-order valence-electron chi connectivity index (χ2n) is 3.73. The molecule has 0 unspecified atom stereocenters. The lowest BCUT2D eigenvalue weighted by atomic mass is 9.72. The van der Waals surface area contributed by atoms with Gasteiger partial charge in [-0.2, -0.15) is 0 Å². The van der Waals surface area contributed by atoms with Crippen LogP contribution < -0.4 is 0 Å². The molecule has 2 fully saturated rings. The largest absolute Gasteiger partial charge is 0.299 e. The summed E-state index contributed by atoms with van der Waals surface area (Å²) in [5.41, 5.74) is 0. The average molecular weight is 138 g/mol. The maximum atomic E-state index is 11.2. The highest BCUT2D eigenvalue weighted by atomic mass is 16.1. The SMILES string of the molecule is O=C1CC[C@@H]2CCC[C@H]1C2. The Balaban J connectivity index is 2.07. The molecular formula is C9H14O. The van der Waals surface area contributed by atoms with Gasteiger partial charge in [0.2, 0.25) is 0 Å². The van der Waals surface area contributed by atoms with Gasteiger partial charge in [0.1, 0.15) is 5.78 Å². The molecular weight excluding hydrogens is 124 g/mol. The lowest BCUT2D eigenvalue weighted by Crippen LogP contribution is -2.28. The van der Waals surface area contributed by atoms with Crippen molar-refractivity contribution in [1.29, 1.82) is 0 Å². The Morgan fingerprint density at radius 3 is 2.90 bits per heavy atom. The van der Waals surface area contributed by atoms with E-state index in [1.807, 2.05) is 0 Å². The Kier molecular flexibility index (Phi) is 1.51. The zero-order valence-corrected chi connectivity index (χ0v) is 6.31. The quantitative estimate of drug-likeness (QED) is 0.501. The van der Waals surface area contributed by atoms with Crippen LogP contribution in [0.25, 0.3) is 0 Å². The molecule has 0 radical (unpaired) electrons. The number of fused-ring (bicyclic) bond motifs is 2. The number of carbonyl (C=O) groups excluding carboxylic acids is 1. The third kappa shape index (κ3) is 0.979. The van der Waals surface area contributed by atoms with Crippen molar-refractivity contribution in [1.82, 2.24) is 0 Å². The van der Waals surface area contributed by atoms with E-state index in [2.05, 4.69) is 0 Å². The number of Topliss-reactive ketones (excluding diaryl/α,β-unsaturated/α-hetero) is 1. The van der Waals surface area contributed by atoms with Gasteiger partial charge >= 0.3 is 0 Å². The Bertz CT molecular complexity index is 151. The third-order valence-corrected chi connectivity index (χ3v) is 3.04. The molecule has 0 heterocycles. The molecule has 2 aliphatic rings. The van der Waals surface area contributed by atoms with E-state index in [-0.39, 0.29) is 0 Å². The fraction of sp³-hybridized carbons (Fsp3) is 0.889. The molecule has 2 saturated carbocycles. The van der Waals surface area contributed by atoms with Crippen molar-refractivity contribution in [3.63, 3.8) is 0 Å². The minimum atomic E-state index is 0.479. The molecule has 2 atom stereocenters. The van der Waals surface area contributed by atoms with Gasteiger partial charge in [0.05, 0.1) is 0 Å². The van der Waals surface area contributed by atoms with Crippen molar-refractivity contribution in [2.24, 2.45) is 11.8 Å². The highest BCUT2D eigenvalue weighted by Gasteiger charge is 2.31. The lowest BCUT2D eigenvalue weighted by Gasteiger charge is -2.32. The molecule has 1 nitrogen and oxygen atoms in total. The number of carbonyl (C=O) groups is 1. The molecule has 0 aromatic rings. The van der Waals surface area contributed by atoms with Crippen LogP contribution in [0.2, 0.25) is 0 Å². The second-order valence-corrected chi connectivity index (χ2v) is 3.73. The van der Waals surface area contributed by atoms with Crippen molar-refractivity contribution >= 4 is 5.78 Å². The summed E-state index contributed by atoms with van der Waals surface area (Å²) >= 11 is 0. The van der Waals surface area contributed by atoms with Gasteiger partial charge in [0, 0.05) is 12.3 Å². The smallest absolute Gasteiger partial charge is 0.135 e. The van der Waals surface area contributed by atoms with E-state index in [1.165, 1.54) is 32.1 Å². The van der Waals surface area contributed by atoms with E-state index in [9.17, 15) is 4.79 Å². The van der Waals surface area contributed by atoms with Crippen LogP contribution in [0.15, 0.2) is 0 Å². The van der Waals surface area contributed by atoms with Crippen molar-refractivity contribution in [3.8, 4) is 0 Å². The highest BCUT2D eigenvalue weighted by molar-refractivity contribution is 5.81. The van der Waals surface area contributed by atoms with Gasteiger partial charge in [-0.25, -0.2) is 0 Å². The van der Waals surface area contributed by atoms with Crippen molar-refractivity contribution < 1.29 is 4.79 Å². The van der Waals surface area contributed by atoms with Crippen LogP contribution in [-0.2, 0) is 4.79 Å². The topological polar surface area (TPSA) is 17.1 Å². The van der Waals surface area contributed by atoms with E-state index < -0.39 is 0 Å². The molecule has 0 amide bonds. The molecule has 0 aliphatic heterocycles. The number of hydrogen-bond acceptors (Lipinski definition) is 1. The van der Waals surface area contributed by atoms with Gasteiger partial charge in [-0.1, -0.05) is 12.8 Å². The molecule has 10 heavy (non-hydrogen) atoms. The van der Waals surface area contributed by atoms with Crippen LogP contribution >= 0.6 is 0 Å². The number of ketones is 1. The first-order valence-corrected chi connectivity index (χ1v) is 4.39. The Hall–Kier alpha value is -0.330. The van der Waals surface area contributed by atoms with Gasteiger partial charge in [-0.05, 0) is 25.2 Å².